The highest BCUT2D eigenvalue weighted by atomic mass is 16.2. The van der Waals surface area contributed by atoms with Gasteiger partial charge in [-0.05, 0) is 43.2 Å². The molecular formula is C22H27N5O2. The molecule has 2 aromatic rings. The maximum atomic E-state index is 12.8. The van der Waals surface area contributed by atoms with E-state index in [1.54, 1.807) is 6.92 Å². The Hall–Kier alpha value is -2.70. The number of piperidine rings is 3. The molecule has 3 aliphatic rings. The van der Waals surface area contributed by atoms with E-state index in [2.05, 4.69) is 20.1 Å². The minimum Gasteiger partial charge on any atom is -0.355 e. The Morgan fingerprint density at radius 3 is 2.83 bits per heavy atom. The Morgan fingerprint density at radius 2 is 2.00 bits per heavy atom. The van der Waals surface area contributed by atoms with Gasteiger partial charge in [-0.2, -0.15) is 0 Å². The molecule has 1 N–H and O–H groups in total. The minimum absolute atomic E-state index is 0.0406. The monoisotopic (exact) mass is 393 g/mol. The third-order valence-corrected chi connectivity index (χ3v) is 6.82. The summed E-state index contributed by atoms with van der Waals surface area (Å²) in [6.45, 7) is 3.82. The molecule has 7 heteroatoms. The second kappa shape index (κ2) is 7.28. The van der Waals surface area contributed by atoms with Crippen molar-refractivity contribution in [1.29, 1.82) is 0 Å². The van der Waals surface area contributed by atoms with Crippen molar-refractivity contribution in [2.45, 2.75) is 44.7 Å². The van der Waals surface area contributed by atoms with E-state index >= 15 is 0 Å². The lowest BCUT2D eigenvalue weighted by atomic mass is 9.72. The molecule has 3 aliphatic heterocycles. The number of aromatic nitrogens is 2. The smallest absolute Gasteiger partial charge is 0.223 e. The number of hydrogen-bond donors (Lipinski definition) is 1. The van der Waals surface area contributed by atoms with Crippen LogP contribution >= 0.6 is 0 Å². The molecule has 1 aromatic carbocycles. The zero-order valence-electron chi connectivity index (χ0n) is 16.8. The van der Waals surface area contributed by atoms with Gasteiger partial charge in [0.1, 0.15) is 5.82 Å². The SMILES string of the molecule is CC(=O)NC[C@H]1[C@H]2C[C@H](CN(c3cnc4ccccc4n3)C2)[C@@H]2CCCC(=O)N21. The Kier molecular flexibility index (Phi) is 4.60. The van der Waals surface area contributed by atoms with Crippen LogP contribution in [-0.2, 0) is 9.59 Å². The van der Waals surface area contributed by atoms with E-state index in [0.29, 0.717) is 24.8 Å². The standard InChI is InChI=1S/C22H27N5O2/c1-14(28)23-10-20-16-9-15(19-7-4-8-22(29)27(19)20)12-26(13-16)21-11-24-17-5-2-3-6-18(17)25-21/h2-3,5-6,11,15-16,19-20H,4,7-10,12-13H2,1H3,(H,23,28)/t15-,16+,19+,20+/m1/s1. The molecule has 7 nitrogen and oxygen atoms in total. The Bertz CT molecular complexity index is 948. The van der Waals surface area contributed by atoms with Gasteiger partial charge < -0.3 is 15.1 Å². The van der Waals surface area contributed by atoms with Gasteiger partial charge in [0.2, 0.25) is 11.8 Å². The third kappa shape index (κ3) is 3.32. The van der Waals surface area contributed by atoms with Crippen LogP contribution in [-0.4, -0.2) is 58.4 Å². The minimum atomic E-state index is -0.0406. The summed E-state index contributed by atoms with van der Waals surface area (Å²) < 4.78 is 0. The topological polar surface area (TPSA) is 78.4 Å². The van der Waals surface area contributed by atoms with E-state index in [4.69, 9.17) is 4.98 Å². The van der Waals surface area contributed by atoms with Gasteiger partial charge in [-0.3, -0.25) is 14.6 Å². The summed E-state index contributed by atoms with van der Waals surface area (Å²) >= 11 is 0. The first kappa shape index (κ1) is 18.3. The number of carbonyl (C=O) groups excluding carboxylic acids is 2. The van der Waals surface area contributed by atoms with Gasteiger partial charge in [0.25, 0.3) is 0 Å². The molecule has 4 heterocycles. The first-order chi connectivity index (χ1) is 14.1. The fraction of sp³-hybridized carbons (Fsp3) is 0.545. The van der Waals surface area contributed by atoms with Crippen LogP contribution in [0.1, 0.15) is 32.6 Å². The van der Waals surface area contributed by atoms with E-state index in [1.807, 2.05) is 30.5 Å². The lowest BCUT2D eigenvalue weighted by Gasteiger charge is -2.56. The van der Waals surface area contributed by atoms with E-state index < -0.39 is 0 Å². The van der Waals surface area contributed by atoms with Crippen molar-refractivity contribution in [3.63, 3.8) is 0 Å². The zero-order valence-corrected chi connectivity index (χ0v) is 16.8. The molecule has 4 atom stereocenters. The van der Waals surface area contributed by atoms with Crippen LogP contribution in [0.5, 0.6) is 0 Å². The average molecular weight is 393 g/mol. The summed E-state index contributed by atoms with van der Waals surface area (Å²) in [5.74, 6) is 1.89. The number of nitrogens with zero attached hydrogens (tertiary/aromatic N) is 4. The van der Waals surface area contributed by atoms with E-state index in [-0.39, 0.29) is 23.9 Å². The van der Waals surface area contributed by atoms with Gasteiger partial charge in [0, 0.05) is 39.0 Å². The fourth-order valence-electron chi connectivity index (χ4n) is 5.57. The zero-order chi connectivity index (χ0) is 20.0. The molecule has 0 spiro atoms. The summed E-state index contributed by atoms with van der Waals surface area (Å²) in [6, 6.07) is 8.26. The first-order valence-electron chi connectivity index (χ1n) is 10.6. The quantitative estimate of drug-likeness (QED) is 0.863. The first-order valence-corrected chi connectivity index (χ1v) is 10.6. The van der Waals surface area contributed by atoms with Crippen molar-refractivity contribution >= 4 is 28.7 Å². The summed E-state index contributed by atoms with van der Waals surface area (Å²) in [4.78, 5) is 38.3. The predicted molar refractivity (Wildman–Crippen MR) is 110 cm³/mol. The summed E-state index contributed by atoms with van der Waals surface area (Å²) in [7, 11) is 0. The normalized spacial score (nSPS) is 28.9. The van der Waals surface area contributed by atoms with Crippen molar-refractivity contribution < 1.29 is 9.59 Å². The molecule has 0 unspecified atom stereocenters. The van der Waals surface area contributed by atoms with Gasteiger partial charge in [-0.1, -0.05) is 12.1 Å². The van der Waals surface area contributed by atoms with E-state index in [9.17, 15) is 9.59 Å². The maximum absolute atomic E-state index is 12.8. The van der Waals surface area contributed by atoms with Crippen LogP contribution in [0, 0.1) is 11.8 Å². The molecule has 0 radical (unpaired) electrons. The number of benzene rings is 1. The van der Waals surface area contributed by atoms with Gasteiger partial charge in [0.15, 0.2) is 0 Å². The van der Waals surface area contributed by atoms with Crippen molar-refractivity contribution in [2.75, 3.05) is 24.5 Å². The van der Waals surface area contributed by atoms with E-state index in [1.165, 1.54) is 0 Å². The van der Waals surface area contributed by atoms with Crippen LogP contribution in [0.4, 0.5) is 5.82 Å². The second-order valence-electron chi connectivity index (χ2n) is 8.64. The lowest BCUT2D eigenvalue weighted by molar-refractivity contribution is -0.149. The van der Waals surface area contributed by atoms with Crippen LogP contribution in [0.2, 0.25) is 0 Å². The number of amides is 2. The van der Waals surface area contributed by atoms with E-state index in [0.717, 1.165) is 49.2 Å². The third-order valence-electron chi connectivity index (χ3n) is 6.82. The van der Waals surface area contributed by atoms with Gasteiger partial charge >= 0.3 is 0 Å². The van der Waals surface area contributed by atoms with Crippen LogP contribution in [0.3, 0.4) is 0 Å². The molecule has 3 saturated heterocycles. The number of hydrogen-bond acceptors (Lipinski definition) is 5. The number of fused-ring (bicyclic) bond motifs is 5. The molecule has 0 saturated carbocycles. The number of nitrogens with one attached hydrogen (secondary N) is 1. The van der Waals surface area contributed by atoms with Crippen molar-refractivity contribution in [3.05, 3.63) is 30.5 Å². The number of anilines is 1. The number of para-hydroxylation sites is 2. The highest BCUT2D eigenvalue weighted by Crippen LogP contribution is 2.42. The predicted octanol–water partition coefficient (Wildman–Crippen LogP) is 1.97. The Labute approximate surface area is 170 Å². The lowest BCUT2D eigenvalue weighted by Crippen LogP contribution is -2.67. The second-order valence-corrected chi connectivity index (χ2v) is 8.64. The Balaban J connectivity index is 1.45. The van der Waals surface area contributed by atoms with Crippen LogP contribution in [0.15, 0.2) is 30.5 Å². The molecular weight excluding hydrogens is 366 g/mol. The van der Waals surface area contributed by atoms with Gasteiger partial charge in [0.05, 0.1) is 23.3 Å². The van der Waals surface area contributed by atoms with Crippen molar-refractivity contribution in [2.24, 2.45) is 11.8 Å². The molecule has 29 heavy (non-hydrogen) atoms. The average Bonchev–Trinajstić information content (AvgIpc) is 2.73. The molecule has 1 aromatic heterocycles. The highest BCUT2D eigenvalue weighted by Gasteiger charge is 2.49. The number of carbonyl (C=O) groups is 2. The van der Waals surface area contributed by atoms with Crippen LogP contribution < -0.4 is 10.2 Å². The van der Waals surface area contributed by atoms with Crippen molar-refractivity contribution in [3.8, 4) is 0 Å². The Morgan fingerprint density at radius 1 is 1.21 bits per heavy atom. The summed E-state index contributed by atoms with van der Waals surface area (Å²) in [6.07, 6.45) is 5.62. The molecule has 152 valence electrons. The van der Waals surface area contributed by atoms with Gasteiger partial charge in [-0.25, -0.2) is 4.98 Å². The van der Waals surface area contributed by atoms with Crippen molar-refractivity contribution in [1.82, 2.24) is 20.2 Å². The number of rotatable bonds is 3. The van der Waals surface area contributed by atoms with Crippen LogP contribution in [0.25, 0.3) is 11.0 Å². The summed E-state index contributed by atoms with van der Waals surface area (Å²) in [5, 5.41) is 2.97. The molecule has 0 aliphatic carbocycles. The molecule has 2 amide bonds. The largest absolute Gasteiger partial charge is 0.355 e. The maximum Gasteiger partial charge on any atom is 0.223 e. The van der Waals surface area contributed by atoms with Gasteiger partial charge in [-0.15, -0.1) is 0 Å². The molecule has 2 bridgehead atoms. The summed E-state index contributed by atoms with van der Waals surface area (Å²) in [5.41, 5.74) is 1.81. The highest BCUT2D eigenvalue weighted by molar-refractivity contribution is 5.78. The fourth-order valence-corrected chi connectivity index (χ4v) is 5.57. The molecule has 5 rings (SSSR count). The molecule has 3 fully saturated rings.